The van der Waals surface area contributed by atoms with Crippen molar-refractivity contribution in [2.45, 2.75) is 6.61 Å². The Morgan fingerprint density at radius 1 is 1.00 bits per heavy atom. The minimum atomic E-state index is 0.459. The number of hydrogen-bond acceptors (Lipinski definition) is 3. The minimum Gasteiger partial charge on any atom is -0.491 e. The van der Waals surface area contributed by atoms with Gasteiger partial charge in [-0.15, -0.1) is 0 Å². The summed E-state index contributed by atoms with van der Waals surface area (Å²) in [6.45, 7) is 1.48. The van der Waals surface area contributed by atoms with Gasteiger partial charge in [-0.1, -0.05) is 35.9 Å². The minimum absolute atomic E-state index is 0.459. The molecule has 0 aliphatic heterocycles. The number of halogens is 1. The molecule has 0 spiro atoms. The largest absolute Gasteiger partial charge is 0.491 e. The van der Waals surface area contributed by atoms with E-state index < -0.39 is 0 Å². The highest BCUT2D eigenvalue weighted by molar-refractivity contribution is 6.30. The molecule has 100 valence electrons. The van der Waals surface area contributed by atoms with Crippen LogP contribution in [0.5, 0.6) is 5.75 Å². The molecular weight excluding hydrogens is 262 g/mol. The average Bonchev–Trinajstić information content (AvgIpc) is 2.42. The molecule has 0 aromatic heterocycles. The number of ether oxygens (including phenoxy) is 2. The number of nitrogen functional groups attached to an aromatic ring is 1. The molecule has 2 aromatic carbocycles. The summed E-state index contributed by atoms with van der Waals surface area (Å²) >= 11 is 5.83. The van der Waals surface area contributed by atoms with Gasteiger partial charge in [0.2, 0.25) is 0 Å². The van der Waals surface area contributed by atoms with Gasteiger partial charge >= 0.3 is 0 Å². The van der Waals surface area contributed by atoms with Crippen molar-refractivity contribution in [3.63, 3.8) is 0 Å². The molecule has 3 nitrogen and oxygen atoms in total. The lowest BCUT2D eigenvalue weighted by Gasteiger charge is -2.08. The Labute approximate surface area is 117 Å². The van der Waals surface area contributed by atoms with Crippen LogP contribution in [-0.4, -0.2) is 13.2 Å². The van der Waals surface area contributed by atoms with Crippen LogP contribution in [0.1, 0.15) is 5.56 Å². The summed E-state index contributed by atoms with van der Waals surface area (Å²) < 4.78 is 11.0. The first-order chi connectivity index (χ1) is 9.25. The molecule has 19 heavy (non-hydrogen) atoms. The van der Waals surface area contributed by atoms with Crippen molar-refractivity contribution in [2.75, 3.05) is 18.9 Å². The molecule has 0 fully saturated rings. The zero-order valence-electron chi connectivity index (χ0n) is 10.5. The lowest BCUT2D eigenvalue weighted by atomic mass is 10.2. The third-order valence-corrected chi connectivity index (χ3v) is 2.84. The molecule has 0 aliphatic carbocycles. The second kappa shape index (κ2) is 7.02. The van der Waals surface area contributed by atoms with Gasteiger partial charge in [0.1, 0.15) is 12.4 Å². The van der Waals surface area contributed by atoms with Crippen molar-refractivity contribution in [1.82, 2.24) is 0 Å². The fourth-order valence-corrected chi connectivity index (χ4v) is 1.80. The highest BCUT2D eigenvalue weighted by atomic mass is 35.5. The Bertz CT molecular complexity index is 517. The Hall–Kier alpha value is -1.71. The van der Waals surface area contributed by atoms with Gasteiger partial charge in [-0.3, -0.25) is 0 Å². The normalized spacial score (nSPS) is 10.4. The molecule has 0 atom stereocenters. The summed E-state index contributed by atoms with van der Waals surface area (Å²) in [5, 5.41) is 0.633. The van der Waals surface area contributed by atoms with Gasteiger partial charge in [0.05, 0.1) is 13.2 Å². The Kier molecular flexibility index (Phi) is 5.07. The molecule has 2 aromatic rings. The second-order valence-electron chi connectivity index (χ2n) is 4.06. The predicted octanol–water partition coefficient (Wildman–Crippen LogP) is 3.52. The van der Waals surface area contributed by atoms with Crippen LogP contribution >= 0.6 is 11.6 Å². The third-order valence-electron chi connectivity index (χ3n) is 2.61. The first-order valence-electron chi connectivity index (χ1n) is 6.05. The molecule has 2 rings (SSSR count). The van der Waals surface area contributed by atoms with Crippen LogP contribution in [0.15, 0.2) is 48.5 Å². The van der Waals surface area contributed by atoms with Crippen molar-refractivity contribution in [3.05, 3.63) is 59.1 Å². The summed E-state index contributed by atoms with van der Waals surface area (Å²) in [5.41, 5.74) is 7.42. The van der Waals surface area contributed by atoms with E-state index in [0.717, 1.165) is 11.3 Å². The Balaban J connectivity index is 1.69. The lowest BCUT2D eigenvalue weighted by molar-refractivity contribution is 0.0892. The van der Waals surface area contributed by atoms with Crippen molar-refractivity contribution in [1.29, 1.82) is 0 Å². The van der Waals surface area contributed by atoms with E-state index in [-0.39, 0.29) is 0 Å². The van der Waals surface area contributed by atoms with Crippen molar-refractivity contribution >= 4 is 17.3 Å². The molecule has 4 heteroatoms. The molecule has 0 unspecified atom stereocenters. The maximum Gasteiger partial charge on any atom is 0.119 e. The topological polar surface area (TPSA) is 44.5 Å². The highest BCUT2D eigenvalue weighted by Gasteiger charge is 2.00. The monoisotopic (exact) mass is 277 g/mol. The van der Waals surface area contributed by atoms with E-state index in [0.29, 0.717) is 30.5 Å². The molecule has 0 amide bonds. The predicted molar refractivity (Wildman–Crippen MR) is 77.5 cm³/mol. The van der Waals surface area contributed by atoms with E-state index in [4.69, 9.17) is 26.8 Å². The zero-order valence-corrected chi connectivity index (χ0v) is 11.3. The summed E-state index contributed by atoms with van der Waals surface area (Å²) in [6, 6.07) is 15.0. The van der Waals surface area contributed by atoms with E-state index >= 15 is 0 Å². The van der Waals surface area contributed by atoms with Gasteiger partial charge in [-0.2, -0.15) is 0 Å². The van der Waals surface area contributed by atoms with Crippen molar-refractivity contribution in [2.24, 2.45) is 0 Å². The molecule has 0 saturated heterocycles. The van der Waals surface area contributed by atoms with Crippen LogP contribution < -0.4 is 10.5 Å². The summed E-state index contributed by atoms with van der Waals surface area (Å²) in [7, 11) is 0. The first-order valence-corrected chi connectivity index (χ1v) is 6.43. The molecule has 2 N–H and O–H groups in total. The number of benzene rings is 2. The molecule has 0 heterocycles. The van der Waals surface area contributed by atoms with Gasteiger partial charge in [0.15, 0.2) is 0 Å². The number of rotatable bonds is 6. The maximum absolute atomic E-state index is 5.83. The van der Waals surface area contributed by atoms with E-state index in [2.05, 4.69) is 0 Å². The lowest BCUT2D eigenvalue weighted by Crippen LogP contribution is -2.07. The smallest absolute Gasteiger partial charge is 0.119 e. The van der Waals surface area contributed by atoms with Crippen molar-refractivity contribution in [3.8, 4) is 5.75 Å². The number of para-hydroxylation sites is 1. The van der Waals surface area contributed by atoms with E-state index in [1.165, 1.54) is 0 Å². The Morgan fingerprint density at radius 3 is 2.53 bits per heavy atom. The van der Waals surface area contributed by atoms with Gasteiger partial charge in [0.25, 0.3) is 0 Å². The first kappa shape index (κ1) is 13.7. The maximum atomic E-state index is 5.83. The van der Waals surface area contributed by atoms with E-state index in [1.54, 1.807) is 12.1 Å². The Morgan fingerprint density at radius 2 is 1.79 bits per heavy atom. The van der Waals surface area contributed by atoms with Crippen LogP contribution in [0.3, 0.4) is 0 Å². The van der Waals surface area contributed by atoms with Crippen LogP contribution in [0.25, 0.3) is 0 Å². The SMILES string of the molecule is Nc1cc(Cl)ccc1COCCOc1ccccc1. The standard InChI is InChI=1S/C15H16ClNO2/c16-13-7-6-12(15(17)10-13)11-18-8-9-19-14-4-2-1-3-5-14/h1-7,10H,8-9,11,17H2. The third kappa shape index (κ3) is 4.47. The highest BCUT2D eigenvalue weighted by Crippen LogP contribution is 2.18. The molecule has 0 saturated carbocycles. The van der Waals surface area contributed by atoms with Gasteiger partial charge in [-0.25, -0.2) is 0 Å². The average molecular weight is 278 g/mol. The fraction of sp³-hybridized carbons (Fsp3) is 0.200. The zero-order chi connectivity index (χ0) is 13.5. The van der Waals surface area contributed by atoms with Crippen LogP contribution in [0.2, 0.25) is 5.02 Å². The van der Waals surface area contributed by atoms with Crippen LogP contribution in [0, 0.1) is 0 Å². The molecule has 0 bridgehead atoms. The number of anilines is 1. The quantitative estimate of drug-likeness (QED) is 0.649. The number of hydrogen-bond donors (Lipinski definition) is 1. The molecule has 0 radical (unpaired) electrons. The second-order valence-corrected chi connectivity index (χ2v) is 4.49. The molecular formula is C15H16ClNO2. The summed E-state index contributed by atoms with van der Waals surface area (Å²) in [6.07, 6.45) is 0. The fourth-order valence-electron chi connectivity index (χ4n) is 1.61. The van der Waals surface area contributed by atoms with E-state index in [1.807, 2.05) is 36.4 Å². The van der Waals surface area contributed by atoms with Gasteiger partial charge < -0.3 is 15.2 Å². The van der Waals surface area contributed by atoms with E-state index in [9.17, 15) is 0 Å². The van der Waals surface area contributed by atoms with Crippen LogP contribution in [-0.2, 0) is 11.3 Å². The van der Waals surface area contributed by atoms with Crippen molar-refractivity contribution < 1.29 is 9.47 Å². The van der Waals surface area contributed by atoms with Crippen LogP contribution in [0.4, 0.5) is 5.69 Å². The van der Waals surface area contributed by atoms with Gasteiger partial charge in [0, 0.05) is 16.3 Å². The number of nitrogens with two attached hydrogens (primary N) is 1. The summed E-state index contributed by atoms with van der Waals surface area (Å²) in [4.78, 5) is 0. The summed E-state index contributed by atoms with van der Waals surface area (Å²) in [5.74, 6) is 0.845. The molecule has 0 aliphatic rings. The van der Waals surface area contributed by atoms with Gasteiger partial charge in [-0.05, 0) is 24.3 Å².